The predicted molar refractivity (Wildman–Crippen MR) is 136 cm³/mol. The number of anilines is 1. The van der Waals surface area contributed by atoms with E-state index in [9.17, 15) is 22.8 Å². The molecule has 4 rings (SSSR count). The molecule has 0 spiro atoms. The second-order valence-corrected chi connectivity index (χ2v) is 8.80. The van der Waals surface area contributed by atoms with Crippen LogP contribution in [0.1, 0.15) is 21.7 Å². The van der Waals surface area contributed by atoms with Gasteiger partial charge in [0.2, 0.25) is 5.91 Å². The van der Waals surface area contributed by atoms with Crippen LogP contribution in [0.3, 0.4) is 0 Å². The number of carbonyl (C=O) groups excluding carboxylic acids is 2. The molecule has 2 N–H and O–H groups in total. The third-order valence-corrected chi connectivity index (χ3v) is 6.23. The number of nitrogens with one attached hydrogen (secondary N) is 2. The molecule has 2 amide bonds. The quantitative estimate of drug-likeness (QED) is 0.291. The highest BCUT2D eigenvalue weighted by atomic mass is 32.2. The van der Waals surface area contributed by atoms with Gasteiger partial charge in [-0.2, -0.15) is 13.2 Å². The summed E-state index contributed by atoms with van der Waals surface area (Å²) in [4.78, 5) is 25.1. The van der Waals surface area contributed by atoms with Gasteiger partial charge in [0.1, 0.15) is 5.75 Å². The van der Waals surface area contributed by atoms with Crippen molar-refractivity contribution in [3.8, 4) is 11.4 Å². The number of alkyl halides is 3. The minimum absolute atomic E-state index is 0.0162. The van der Waals surface area contributed by atoms with Gasteiger partial charge in [0.25, 0.3) is 5.91 Å². The number of hydrogen-bond donors (Lipinski definition) is 2. The van der Waals surface area contributed by atoms with Crippen LogP contribution in [0.2, 0.25) is 0 Å². The lowest BCUT2D eigenvalue weighted by Crippen LogP contribution is -2.27. The van der Waals surface area contributed by atoms with Crippen molar-refractivity contribution < 1.29 is 27.5 Å². The van der Waals surface area contributed by atoms with Gasteiger partial charge in [-0.25, -0.2) is 0 Å². The van der Waals surface area contributed by atoms with Crippen LogP contribution in [0.25, 0.3) is 5.69 Å². The Bertz CT molecular complexity index is 1410. The second kappa shape index (κ2) is 11.8. The monoisotopic (exact) mass is 541 g/mol. The van der Waals surface area contributed by atoms with Gasteiger partial charge in [0, 0.05) is 11.4 Å². The first kappa shape index (κ1) is 26.7. The zero-order chi connectivity index (χ0) is 27.1. The maximum Gasteiger partial charge on any atom is 0.417 e. The number of halogens is 3. The Hall–Kier alpha value is -4.32. The lowest BCUT2D eigenvalue weighted by atomic mass is 10.1. The highest BCUT2D eigenvalue weighted by molar-refractivity contribution is 7.99. The summed E-state index contributed by atoms with van der Waals surface area (Å²) in [5.41, 5.74) is -0.254. The number of rotatable bonds is 9. The van der Waals surface area contributed by atoms with Crippen LogP contribution in [0, 0.1) is 0 Å². The molecule has 4 aromatic rings. The maximum atomic E-state index is 13.3. The average Bonchev–Trinajstić information content (AvgIpc) is 3.33. The van der Waals surface area contributed by atoms with Gasteiger partial charge in [0.15, 0.2) is 11.0 Å². The molecule has 38 heavy (non-hydrogen) atoms. The Morgan fingerprint density at radius 2 is 1.63 bits per heavy atom. The maximum absolute atomic E-state index is 13.3. The number of para-hydroxylation sites is 1. The number of ether oxygens (including phenoxy) is 1. The van der Waals surface area contributed by atoms with Gasteiger partial charge in [-0.15, -0.1) is 10.2 Å². The van der Waals surface area contributed by atoms with Crippen LogP contribution in [0.15, 0.2) is 84.0 Å². The molecule has 0 unspecified atom stereocenters. The summed E-state index contributed by atoms with van der Waals surface area (Å²) in [5, 5.41) is 13.9. The first-order valence-corrected chi connectivity index (χ1v) is 12.3. The molecule has 196 valence electrons. The summed E-state index contributed by atoms with van der Waals surface area (Å²) >= 11 is 1.13. The topological polar surface area (TPSA) is 98.1 Å². The number of benzene rings is 3. The molecule has 0 saturated carbocycles. The first-order valence-electron chi connectivity index (χ1n) is 11.3. The normalized spacial score (nSPS) is 11.2. The Balaban J connectivity index is 1.49. The lowest BCUT2D eigenvalue weighted by Gasteiger charge is -2.13. The highest BCUT2D eigenvalue weighted by Gasteiger charge is 2.34. The second-order valence-electron chi connectivity index (χ2n) is 7.86. The van der Waals surface area contributed by atoms with Crippen molar-refractivity contribution in [2.75, 3.05) is 18.2 Å². The van der Waals surface area contributed by atoms with Crippen molar-refractivity contribution >= 4 is 29.3 Å². The zero-order valence-corrected chi connectivity index (χ0v) is 20.8. The van der Waals surface area contributed by atoms with Crippen LogP contribution in [-0.4, -0.2) is 39.4 Å². The lowest BCUT2D eigenvalue weighted by molar-refractivity contribution is -0.138. The molecule has 0 bridgehead atoms. The summed E-state index contributed by atoms with van der Waals surface area (Å²) < 4.78 is 46.8. The van der Waals surface area contributed by atoms with E-state index in [0.717, 1.165) is 23.9 Å². The van der Waals surface area contributed by atoms with Gasteiger partial charge in [-0.3, -0.25) is 14.2 Å². The molecule has 0 fully saturated rings. The van der Waals surface area contributed by atoms with Crippen molar-refractivity contribution in [1.82, 2.24) is 20.1 Å². The Morgan fingerprint density at radius 3 is 2.32 bits per heavy atom. The van der Waals surface area contributed by atoms with Gasteiger partial charge in [0.05, 0.1) is 30.5 Å². The van der Waals surface area contributed by atoms with E-state index in [1.165, 1.54) is 12.1 Å². The Labute approximate surface area is 220 Å². The molecule has 8 nitrogen and oxygen atoms in total. The molecule has 0 atom stereocenters. The number of thioether (sulfide) groups is 1. The molecule has 0 radical (unpaired) electrons. The van der Waals surface area contributed by atoms with Crippen LogP contribution in [0.5, 0.6) is 5.75 Å². The largest absolute Gasteiger partial charge is 0.497 e. The van der Waals surface area contributed by atoms with E-state index in [-0.39, 0.29) is 24.0 Å². The van der Waals surface area contributed by atoms with Crippen LogP contribution < -0.4 is 15.4 Å². The van der Waals surface area contributed by atoms with Crippen molar-refractivity contribution in [3.05, 3.63) is 95.8 Å². The molecule has 0 saturated heterocycles. The summed E-state index contributed by atoms with van der Waals surface area (Å²) in [5.74, 6) is -0.209. The van der Waals surface area contributed by atoms with E-state index in [1.54, 1.807) is 60.2 Å². The SMILES string of the molecule is COc1ccc(NC(=O)CSc2nnc(CNC(=O)c3ccccc3C(F)(F)F)n2-c2ccccc2)cc1. The fourth-order valence-electron chi connectivity index (χ4n) is 3.53. The molecular formula is C26H22F3N5O3S. The van der Waals surface area contributed by atoms with Crippen LogP contribution in [-0.2, 0) is 17.5 Å². The molecule has 0 aliphatic heterocycles. The molecule has 1 heterocycles. The standard InChI is InChI=1S/C26H22F3N5O3S/c1-37-19-13-11-17(12-14-19)31-23(35)16-38-25-33-32-22(34(25)18-7-3-2-4-8-18)15-30-24(36)20-9-5-6-10-21(20)26(27,28)29/h2-14H,15-16H2,1H3,(H,30,36)(H,31,35). The minimum atomic E-state index is -4.67. The minimum Gasteiger partial charge on any atom is -0.497 e. The number of amides is 2. The summed E-state index contributed by atoms with van der Waals surface area (Å²) in [7, 11) is 1.55. The van der Waals surface area contributed by atoms with E-state index in [1.807, 2.05) is 6.07 Å². The average molecular weight is 542 g/mol. The van der Waals surface area contributed by atoms with E-state index in [2.05, 4.69) is 20.8 Å². The summed E-state index contributed by atoms with van der Waals surface area (Å²) in [6.07, 6.45) is -4.67. The van der Waals surface area contributed by atoms with E-state index in [0.29, 0.717) is 22.3 Å². The molecular weight excluding hydrogens is 519 g/mol. The number of nitrogens with zero attached hydrogens (tertiary/aromatic N) is 3. The molecule has 3 aromatic carbocycles. The van der Waals surface area contributed by atoms with Gasteiger partial charge in [-0.1, -0.05) is 42.1 Å². The van der Waals surface area contributed by atoms with E-state index in [4.69, 9.17) is 4.74 Å². The van der Waals surface area contributed by atoms with E-state index < -0.39 is 23.2 Å². The van der Waals surface area contributed by atoms with Crippen LogP contribution in [0.4, 0.5) is 18.9 Å². The highest BCUT2D eigenvalue weighted by Crippen LogP contribution is 2.32. The van der Waals surface area contributed by atoms with Gasteiger partial charge >= 0.3 is 6.18 Å². The summed E-state index contributed by atoms with van der Waals surface area (Å²) in [6.45, 7) is -0.189. The van der Waals surface area contributed by atoms with Crippen molar-refractivity contribution in [3.63, 3.8) is 0 Å². The van der Waals surface area contributed by atoms with Crippen LogP contribution >= 0.6 is 11.8 Å². The first-order chi connectivity index (χ1) is 18.3. The van der Waals surface area contributed by atoms with Crippen molar-refractivity contribution in [1.29, 1.82) is 0 Å². The molecule has 0 aliphatic rings. The number of aromatic nitrogens is 3. The van der Waals surface area contributed by atoms with Crippen molar-refractivity contribution in [2.24, 2.45) is 0 Å². The number of hydrogen-bond acceptors (Lipinski definition) is 6. The fourth-order valence-corrected chi connectivity index (χ4v) is 4.30. The smallest absolute Gasteiger partial charge is 0.417 e. The van der Waals surface area contributed by atoms with Gasteiger partial charge in [-0.05, 0) is 48.5 Å². The Morgan fingerprint density at radius 1 is 0.947 bits per heavy atom. The van der Waals surface area contributed by atoms with Gasteiger partial charge < -0.3 is 15.4 Å². The molecule has 1 aromatic heterocycles. The summed E-state index contributed by atoms with van der Waals surface area (Å²) in [6, 6.07) is 20.4. The predicted octanol–water partition coefficient (Wildman–Crippen LogP) is 4.96. The molecule has 12 heteroatoms. The third-order valence-electron chi connectivity index (χ3n) is 5.31. The fraction of sp³-hybridized carbons (Fsp3) is 0.154. The van der Waals surface area contributed by atoms with Crippen molar-refractivity contribution in [2.45, 2.75) is 17.9 Å². The zero-order valence-electron chi connectivity index (χ0n) is 20.0. The molecule has 0 aliphatic carbocycles. The Kier molecular flexibility index (Phi) is 8.31. The third kappa shape index (κ3) is 6.51. The number of carbonyl (C=O) groups is 2. The number of methoxy groups -OCH3 is 1. The van der Waals surface area contributed by atoms with E-state index >= 15 is 0 Å².